The van der Waals surface area contributed by atoms with E-state index >= 15 is 0 Å². The molecule has 4 aromatic carbocycles. The van der Waals surface area contributed by atoms with E-state index in [-0.39, 0.29) is 87.4 Å². The number of allylic oxidation sites excluding steroid dienone is 1. The number of hydrogen-bond acceptors (Lipinski definition) is 13. The van der Waals surface area contributed by atoms with Crippen LogP contribution in [0.15, 0.2) is 110 Å². The number of aryl methyl sites for hydroxylation is 1. The number of carbonyl (C=O) groups excluding carboxylic acids is 1. The fourth-order valence-electron chi connectivity index (χ4n) is 4.35. The molecule has 4 aromatic rings. The predicted molar refractivity (Wildman–Crippen MR) is 166 cm³/mol. The monoisotopic (exact) mass is 691 g/mol. The Morgan fingerprint density at radius 2 is 1.47 bits per heavy atom. The van der Waals surface area contributed by atoms with Crippen molar-refractivity contribution in [2.24, 2.45) is 15.3 Å². The van der Waals surface area contributed by atoms with Gasteiger partial charge in [0.25, 0.3) is 0 Å². The van der Waals surface area contributed by atoms with Gasteiger partial charge in [-0.05, 0) is 84.8 Å². The molecular weight excluding hydrogens is 668 g/mol. The maximum atomic E-state index is 13.4. The van der Waals surface area contributed by atoms with Gasteiger partial charge in [-0.25, -0.2) is 16.8 Å². The number of ketones is 1. The van der Waals surface area contributed by atoms with E-state index in [0.717, 1.165) is 23.9 Å². The van der Waals surface area contributed by atoms with Crippen LogP contribution in [0.5, 0.6) is 5.75 Å². The van der Waals surface area contributed by atoms with Gasteiger partial charge in [0.2, 0.25) is 5.78 Å². The van der Waals surface area contributed by atoms with Crippen LogP contribution in [0.1, 0.15) is 21.5 Å². The number of Topliss-reactive ketones (excluding diaryl/α,β-unsaturated/α-hetero) is 1. The number of azo groups is 1. The predicted octanol–water partition coefficient (Wildman–Crippen LogP) is -0.375. The van der Waals surface area contributed by atoms with E-state index in [1.54, 1.807) is 25.1 Å². The van der Waals surface area contributed by atoms with E-state index in [1.807, 2.05) is 30.3 Å². The van der Waals surface area contributed by atoms with Gasteiger partial charge in [0, 0.05) is 23.0 Å². The smallest absolute Gasteiger partial charge is 0.744 e. The number of methoxy groups -OCH3 is 1. The van der Waals surface area contributed by atoms with Crippen molar-refractivity contribution in [3.63, 3.8) is 0 Å². The number of carbonyl (C=O) groups is 1. The van der Waals surface area contributed by atoms with Crippen LogP contribution < -0.4 is 74.6 Å². The zero-order valence-electron chi connectivity index (χ0n) is 25.6. The molecule has 0 unspecified atom stereocenters. The van der Waals surface area contributed by atoms with Crippen LogP contribution in [0.2, 0.25) is 0 Å². The van der Waals surface area contributed by atoms with Gasteiger partial charge in [0.1, 0.15) is 31.7 Å². The van der Waals surface area contributed by atoms with E-state index in [2.05, 4.69) is 26.1 Å². The first-order chi connectivity index (χ1) is 21.3. The number of anilines is 3. The molecule has 47 heavy (non-hydrogen) atoms. The Balaban J connectivity index is 0.00000300. The SMILES string of the molecule is COc1cc(N=Nc2ccc(S(=O)(=O)[O-])cc2)c(C)cc1N/N=C1/C(=O)c2ccc(Nc3ccccc3)cc2C=C1S(=O)(=O)[O-].[Na+].[Na+]. The Morgan fingerprint density at radius 1 is 0.787 bits per heavy atom. The van der Waals surface area contributed by atoms with Crippen molar-refractivity contribution in [2.45, 2.75) is 11.8 Å². The van der Waals surface area contributed by atoms with Crippen LogP contribution in [-0.4, -0.2) is 44.5 Å². The number of rotatable bonds is 9. The molecule has 0 heterocycles. The molecule has 2 N–H and O–H groups in total. The molecule has 230 valence electrons. The van der Waals surface area contributed by atoms with Gasteiger partial charge >= 0.3 is 59.1 Å². The largest absolute Gasteiger partial charge is 1.00 e. The number of fused-ring (bicyclic) bond motifs is 1. The molecule has 0 atom stereocenters. The molecule has 1 aliphatic carbocycles. The van der Waals surface area contributed by atoms with Gasteiger partial charge in [0.05, 0.1) is 34.0 Å². The fraction of sp³-hybridized carbons (Fsp3) is 0.0667. The molecule has 0 saturated heterocycles. The Kier molecular flexibility index (Phi) is 12.8. The van der Waals surface area contributed by atoms with Gasteiger partial charge in [-0.3, -0.25) is 10.2 Å². The molecule has 0 amide bonds. The number of hydrazone groups is 1. The summed E-state index contributed by atoms with van der Waals surface area (Å²) in [5.41, 5.74) is 5.22. The molecule has 0 radical (unpaired) electrons. The van der Waals surface area contributed by atoms with Gasteiger partial charge in [-0.1, -0.05) is 18.2 Å². The minimum Gasteiger partial charge on any atom is -0.744 e. The summed E-state index contributed by atoms with van der Waals surface area (Å²) in [4.78, 5) is 12.2. The summed E-state index contributed by atoms with van der Waals surface area (Å²) >= 11 is 0. The summed E-state index contributed by atoms with van der Waals surface area (Å²) in [6.45, 7) is 1.69. The van der Waals surface area contributed by atoms with E-state index < -0.39 is 41.5 Å². The fourth-order valence-corrected chi connectivity index (χ4v) is 5.46. The van der Waals surface area contributed by atoms with Crippen LogP contribution in [0.4, 0.5) is 28.4 Å². The van der Waals surface area contributed by atoms with Crippen molar-refractivity contribution in [3.05, 3.63) is 107 Å². The van der Waals surface area contributed by atoms with E-state index in [9.17, 15) is 30.7 Å². The minimum absolute atomic E-state index is 0. The molecule has 0 aromatic heterocycles. The second kappa shape index (κ2) is 15.8. The van der Waals surface area contributed by atoms with Crippen molar-refractivity contribution in [2.75, 3.05) is 17.9 Å². The molecule has 17 heteroatoms. The molecule has 0 spiro atoms. The van der Waals surface area contributed by atoms with Crippen molar-refractivity contribution in [1.29, 1.82) is 0 Å². The van der Waals surface area contributed by atoms with Gasteiger partial charge in [-0.15, -0.1) is 0 Å². The molecule has 13 nitrogen and oxygen atoms in total. The number of ether oxygens (including phenoxy) is 1. The Bertz CT molecular complexity index is 2120. The maximum Gasteiger partial charge on any atom is 1.00 e. The Hall–Kier alpha value is -3.22. The molecular formula is C30H23N5Na2O8S2. The maximum absolute atomic E-state index is 13.4. The molecule has 1 aliphatic rings. The van der Waals surface area contributed by atoms with Crippen molar-refractivity contribution >= 4 is 66.2 Å². The summed E-state index contributed by atoms with van der Waals surface area (Å²) in [6, 6.07) is 21.9. The van der Waals surface area contributed by atoms with Crippen LogP contribution in [0.25, 0.3) is 6.08 Å². The number of hydrogen-bond donors (Lipinski definition) is 2. The Labute approximate surface area is 315 Å². The average molecular weight is 692 g/mol. The van der Waals surface area contributed by atoms with E-state index in [4.69, 9.17) is 4.74 Å². The average Bonchev–Trinajstić information content (AvgIpc) is 2.99. The van der Waals surface area contributed by atoms with E-state index in [1.165, 1.54) is 31.4 Å². The van der Waals surface area contributed by atoms with Gasteiger partial charge < -0.3 is 19.2 Å². The van der Waals surface area contributed by atoms with Crippen LogP contribution in [0, 0.1) is 6.92 Å². The third kappa shape index (κ3) is 9.23. The summed E-state index contributed by atoms with van der Waals surface area (Å²) in [5.74, 6) is -0.569. The molecule has 0 aliphatic heterocycles. The van der Waals surface area contributed by atoms with Crippen molar-refractivity contribution in [3.8, 4) is 5.75 Å². The Morgan fingerprint density at radius 3 is 2.09 bits per heavy atom. The van der Waals surface area contributed by atoms with Crippen molar-refractivity contribution in [1.82, 2.24) is 0 Å². The third-order valence-electron chi connectivity index (χ3n) is 6.57. The normalized spacial score (nSPS) is 13.7. The number of benzene rings is 4. The van der Waals surface area contributed by atoms with Crippen molar-refractivity contribution < 1.29 is 94.6 Å². The van der Waals surface area contributed by atoms with Gasteiger partial charge in [0.15, 0.2) is 0 Å². The number of nitrogens with zero attached hydrogens (tertiary/aromatic N) is 3. The molecule has 0 saturated carbocycles. The summed E-state index contributed by atoms with van der Waals surface area (Å²) in [6.07, 6.45) is 1.11. The zero-order chi connectivity index (χ0) is 32.4. The standard InChI is InChI=1S/C30H25N5O8S2.2Na/c1-18-14-26(27(43-2)17-25(18)33-32-21-8-11-23(12-9-21)44(37,38)39)34-35-29-28(45(40,41)42)16-19-15-22(10-13-24(19)30(29)36)31-20-6-4-3-5-7-20;;/h3-17,31,34H,1-2H3,(H,37,38,39)(H,40,41,42);;/q;2*+1/p-2/b33-32?,35-29+;;. The first-order valence-corrected chi connectivity index (χ1v) is 15.8. The topological polar surface area (TPSA) is 202 Å². The summed E-state index contributed by atoms with van der Waals surface area (Å²) < 4.78 is 75.5. The quantitative estimate of drug-likeness (QED) is 0.101. The van der Waals surface area contributed by atoms with E-state index in [0.29, 0.717) is 16.9 Å². The van der Waals surface area contributed by atoms with Gasteiger partial charge in [-0.2, -0.15) is 15.3 Å². The first-order valence-electron chi connectivity index (χ1n) is 13.0. The molecule has 0 bridgehead atoms. The zero-order valence-corrected chi connectivity index (χ0v) is 31.2. The second-order valence-electron chi connectivity index (χ2n) is 9.64. The summed E-state index contributed by atoms with van der Waals surface area (Å²) in [7, 11) is -8.35. The number of para-hydroxylation sites is 1. The number of nitrogens with one attached hydrogen (secondary N) is 2. The molecule has 5 rings (SSSR count). The third-order valence-corrected chi connectivity index (χ3v) is 8.27. The molecule has 0 fully saturated rings. The van der Waals surface area contributed by atoms with Crippen LogP contribution in [-0.2, 0) is 20.2 Å². The summed E-state index contributed by atoms with van der Waals surface area (Å²) in [5, 5.41) is 15.4. The van der Waals surface area contributed by atoms with Crippen LogP contribution >= 0.6 is 0 Å². The first kappa shape index (κ1) is 38.2. The van der Waals surface area contributed by atoms with Crippen LogP contribution in [0.3, 0.4) is 0 Å². The second-order valence-corrected chi connectivity index (χ2v) is 12.4. The minimum atomic E-state index is -5.11.